The van der Waals surface area contributed by atoms with E-state index in [4.69, 9.17) is 28.4 Å². The Morgan fingerprint density at radius 3 is 2.09 bits per heavy atom. The molecule has 0 aromatic heterocycles. The van der Waals surface area contributed by atoms with Gasteiger partial charge in [0.1, 0.15) is 11.5 Å². The summed E-state index contributed by atoms with van der Waals surface area (Å²) in [5.41, 5.74) is 1.36. The average Bonchev–Trinajstić information content (AvgIpc) is 3.17. The lowest BCUT2D eigenvalue weighted by Crippen LogP contribution is -2.09. The van der Waals surface area contributed by atoms with Crippen LogP contribution in [-0.4, -0.2) is 40.2 Å². The average molecular weight is 462 g/mol. The Hall–Kier alpha value is -4.46. The fourth-order valence-electron chi connectivity index (χ4n) is 3.45. The minimum Gasteiger partial charge on any atom is -0.493 e. The summed E-state index contributed by atoms with van der Waals surface area (Å²) in [4.78, 5) is 25.4. The molecule has 1 heterocycles. The molecule has 1 aliphatic rings. The molecular weight excluding hydrogens is 440 g/mol. The van der Waals surface area contributed by atoms with Gasteiger partial charge in [0.2, 0.25) is 5.78 Å². The van der Waals surface area contributed by atoms with Gasteiger partial charge in [-0.15, -0.1) is 0 Å². The number of benzene rings is 3. The smallest absolute Gasteiger partial charge is 0.343 e. The number of ketones is 1. The number of carbonyl (C=O) groups is 2. The van der Waals surface area contributed by atoms with E-state index in [0.29, 0.717) is 39.9 Å². The second kappa shape index (κ2) is 9.58. The molecule has 174 valence electrons. The van der Waals surface area contributed by atoms with E-state index >= 15 is 0 Å². The van der Waals surface area contributed by atoms with Crippen LogP contribution in [0.25, 0.3) is 6.08 Å². The maximum atomic E-state index is 12.8. The van der Waals surface area contributed by atoms with E-state index < -0.39 is 5.97 Å². The summed E-state index contributed by atoms with van der Waals surface area (Å²) in [6, 6.07) is 14.6. The molecule has 0 radical (unpaired) electrons. The number of carbonyl (C=O) groups excluding carboxylic acids is 2. The van der Waals surface area contributed by atoms with Gasteiger partial charge >= 0.3 is 5.97 Å². The summed E-state index contributed by atoms with van der Waals surface area (Å²) in [6.07, 6.45) is 1.61. The van der Waals surface area contributed by atoms with Gasteiger partial charge in [0.15, 0.2) is 28.8 Å². The Bertz CT molecular complexity index is 1290. The van der Waals surface area contributed by atoms with E-state index in [9.17, 15) is 9.59 Å². The van der Waals surface area contributed by atoms with Crippen LogP contribution in [0.15, 0.2) is 60.4 Å². The Balaban J connectivity index is 1.54. The summed E-state index contributed by atoms with van der Waals surface area (Å²) in [5, 5.41) is 0. The van der Waals surface area contributed by atoms with Gasteiger partial charge in [0, 0.05) is 6.07 Å². The molecule has 0 fully saturated rings. The summed E-state index contributed by atoms with van der Waals surface area (Å²) in [5.74, 6) is 1.83. The lowest BCUT2D eigenvalue weighted by atomic mass is 10.1. The zero-order valence-corrected chi connectivity index (χ0v) is 19.0. The molecule has 8 heteroatoms. The number of fused-ring (bicyclic) bond motifs is 1. The molecule has 1 aliphatic heterocycles. The molecular formula is C26H22O8. The van der Waals surface area contributed by atoms with E-state index in [0.717, 1.165) is 0 Å². The Kier molecular flexibility index (Phi) is 6.40. The standard InChI is InChI=1S/C26H22O8/c1-29-19-9-5-15(11-22(19)31-3)12-24-25(27)18-8-7-17(14-21(18)34-24)33-26(28)16-6-10-20(30-2)23(13-16)32-4/h5-14H,1-4H3/b24-12-. The number of esters is 1. The minimum atomic E-state index is -0.591. The maximum absolute atomic E-state index is 12.8. The fraction of sp³-hybridized carbons (Fsp3) is 0.154. The SMILES string of the molecule is COc1ccc(/C=C2\Oc3cc(OC(=O)c4ccc(OC)c(OC)c4)ccc3C2=O)cc1OC. The van der Waals surface area contributed by atoms with Crippen molar-refractivity contribution in [2.45, 2.75) is 0 Å². The highest BCUT2D eigenvalue weighted by Gasteiger charge is 2.28. The summed E-state index contributed by atoms with van der Waals surface area (Å²) >= 11 is 0. The predicted molar refractivity (Wildman–Crippen MR) is 123 cm³/mol. The van der Waals surface area contributed by atoms with Gasteiger partial charge in [-0.1, -0.05) is 6.07 Å². The van der Waals surface area contributed by atoms with E-state index in [1.54, 1.807) is 49.6 Å². The van der Waals surface area contributed by atoms with Crippen molar-refractivity contribution in [1.82, 2.24) is 0 Å². The monoisotopic (exact) mass is 462 g/mol. The number of rotatable bonds is 7. The van der Waals surface area contributed by atoms with E-state index in [2.05, 4.69) is 0 Å². The van der Waals surface area contributed by atoms with Gasteiger partial charge < -0.3 is 28.4 Å². The molecule has 0 N–H and O–H groups in total. The maximum Gasteiger partial charge on any atom is 0.343 e. The first-order chi connectivity index (χ1) is 16.5. The first-order valence-corrected chi connectivity index (χ1v) is 10.2. The molecule has 3 aromatic rings. The van der Waals surface area contributed by atoms with Gasteiger partial charge in [0.05, 0.1) is 39.6 Å². The first-order valence-electron chi connectivity index (χ1n) is 10.2. The molecule has 0 bridgehead atoms. The van der Waals surface area contributed by atoms with Crippen LogP contribution in [0.5, 0.6) is 34.5 Å². The van der Waals surface area contributed by atoms with Crippen molar-refractivity contribution >= 4 is 17.8 Å². The van der Waals surface area contributed by atoms with Crippen molar-refractivity contribution in [2.24, 2.45) is 0 Å². The van der Waals surface area contributed by atoms with Crippen LogP contribution in [0, 0.1) is 0 Å². The Morgan fingerprint density at radius 1 is 0.765 bits per heavy atom. The highest BCUT2D eigenvalue weighted by atomic mass is 16.5. The molecule has 0 saturated heterocycles. The van der Waals surface area contributed by atoms with Gasteiger partial charge in [-0.25, -0.2) is 4.79 Å². The molecule has 4 rings (SSSR count). The first kappa shape index (κ1) is 22.7. The topological polar surface area (TPSA) is 89.5 Å². The highest BCUT2D eigenvalue weighted by Crippen LogP contribution is 2.36. The van der Waals surface area contributed by atoms with Crippen LogP contribution >= 0.6 is 0 Å². The summed E-state index contributed by atoms with van der Waals surface area (Å²) < 4.78 is 32.2. The summed E-state index contributed by atoms with van der Waals surface area (Å²) in [7, 11) is 6.07. The van der Waals surface area contributed by atoms with Gasteiger partial charge in [-0.05, 0) is 54.1 Å². The second-order valence-electron chi connectivity index (χ2n) is 7.17. The molecule has 0 spiro atoms. The number of hydrogen-bond acceptors (Lipinski definition) is 8. The van der Waals surface area contributed by atoms with Crippen LogP contribution in [-0.2, 0) is 0 Å². The highest BCUT2D eigenvalue weighted by molar-refractivity contribution is 6.14. The van der Waals surface area contributed by atoms with Crippen molar-refractivity contribution in [3.05, 3.63) is 77.0 Å². The van der Waals surface area contributed by atoms with E-state index in [-0.39, 0.29) is 22.9 Å². The molecule has 0 aliphatic carbocycles. The Morgan fingerprint density at radius 2 is 1.41 bits per heavy atom. The molecule has 0 atom stereocenters. The molecule has 3 aromatic carbocycles. The van der Waals surface area contributed by atoms with Gasteiger partial charge in [-0.3, -0.25) is 4.79 Å². The van der Waals surface area contributed by atoms with Crippen molar-refractivity contribution in [3.8, 4) is 34.5 Å². The molecule has 0 saturated carbocycles. The van der Waals surface area contributed by atoms with Crippen molar-refractivity contribution in [2.75, 3.05) is 28.4 Å². The van der Waals surface area contributed by atoms with Crippen LogP contribution < -0.4 is 28.4 Å². The van der Waals surface area contributed by atoms with Crippen molar-refractivity contribution < 1.29 is 38.0 Å². The lowest BCUT2D eigenvalue weighted by molar-refractivity contribution is 0.0734. The van der Waals surface area contributed by atoms with Crippen LogP contribution in [0.3, 0.4) is 0 Å². The van der Waals surface area contributed by atoms with E-state index in [1.165, 1.54) is 39.5 Å². The van der Waals surface area contributed by atoms with Crippen LogP contribution in [0.4, 0.5) is 0 Å². The number of allylic oxidation sites excluding steroid dienone is 1. The van der Waals surface area contributed by atoms with Gasteiger partial charge in [0.25, 0.3) is 0 Å². The second-order valence-corrected chi connectivity index (χ2v) is 7.17. The molecule has 0 unspecified atom stereocenters. The predicted octanol–water partition coefficient (Wildman–Crippen LogP) is 4.56. The van der Waals surface area contributed by atoms with Crippen molar-refractivity contribution in [3.63, 3.8) is 0 Å². The fourth-order valence-corrected chi connectivity index (χ4v) is 3.45. The largest absolute Gasteiger partial charge is 0.493 e. The third-order valence-corrected chi connectivity index (χ3v) is 5.18. The van der Waals surface area contributed by atoms with Crippen LogP contribution in [0.1, 0.15) is 26.3 Å². The number of methoxy groups -OCH3 is 4. The minimum absolute atomic E-state index is 0.144. The molecule has 0 amide bonds. The normalized spacial score (nSPS) is 13.2. The number of Topliss-reactive ketones (excluding diaryl/α,β-unsaturated/α-hetero) is 1. The van der Waals surface area contributed by atoms with Crippen molar-refractivity contribution in [1.29, 1.82) is 0 Å². The van der Waals surface area contributed by atoms with E-state index in [1.807, 2.05) is 0 Å². The zero-order chi connectivity index (χ0) is 24.2. The number of ether oxygens (including phenoxy) is 6. The number of hydrogen-bond donors (Lipinski definition) is 0. The quantitative estimate of drug-likeness (QED) is 0.287. The lowest BCUT2D eigenvalue weighted by Gasteiger charge is -2.10. The third kappa shape index (κ3) is 4.38. The third-order valence-electron chi connectivity index (χ3n) is 5.18. The van der Waals surface area contributed by atoms with Gasteiger partial charge in [-0.2, -0.15) is 0 Å². The zero-order valence-electron chi connectivity index (χ0n) is 19.0. The van der Waals surface area contributed by atoms with Crippen LogP contribution in [0.2, 0.25) is 0 Å². The molecule has 34 heavy (non-hydrogen) atoms. The Labute approximate surface area is 196 Å². The molecule has 8 nitrogen and oxygen atoms in total. The summed E-state index contributed by atoms with van der Waals surface area (Å²) in [6.45, 7) is 0.